The molecule has 6 atom stereocenters. The molecule has 1 aliphatic carbocycles. The molecule has 1 saturated carbocycles. The number of hydrogen-bond donors (Lipinski definition) is 2. The third-order valence-corrected chi connectivity index (χ3v) is 8.26. The van der Waals surface area contributed by atoms with Crippen molar-refractivity contribution in [1.82, 2.24) is 15.8 Å². The van der Waals surface area contributed by atoms with Gasteiger partial charge in [0.05, 0.1) is 6.10 Å². The lowest BCUT2D eigenvalue weighted by Crippen LogP contribution is -2.45. The van der Waals surface area contributed by atoms with Gasteiger partial charge < -0.3 is 10.2 Å². The highest BCUT2D eigenvalue weighted by molar-refractivity contribution is 5.75. The van der Waals surface area contributed by atoms with Gasteiger partial charge in [0.15, 0.2) is 0 Å². The van der Waals surface area contributed by atoms with Crippen molar-refractivity contribution in [2.75, 3.05) is 14.2 Å². The number of nitrogens with one attached hydrogen (secondary N) is 2. The van der Waals surface area contributed by atoms with E-state index in [1.54, 1.807) is 13.8 Å². The second-order valence-corrected chi connectivity index (χ2v) is 12.1. The average Bonchev–Trinajstić information content (AvgIpc) is 3.01. The first-order chi connectivity index (χ1) is 20.5. The van der Waals surface area contributed by atoms with Crippen molar-refractivity contribution in [3.05, 3.63) is 60.9 Å². The van der Waals surface area contributed by atoms with Gasteiger partial charge >= 0.3 is 0 Å². The lowest BCUT2D eigenvalue weighted by molar-refractivity contribution is -0.121. The Morgan fingerprint density at radius 2 is 1.79 bits per heavy atom. The molecular weight excluding hydrogens is 530 g/mol. The van der Waals surface area contributed by atoms with Crippen molar-refractivity contribution in [2.45, 2.75) is 145 Å². The van der Waals surface area contributed by atoms with Crippen molar-refractivity contribution in [1.29, 1.82) is 0 Å². The number of carbonyl (C=O) groups excluding carboxylic acids is 1. The molecule has 5 heteroatoms. The lowest BCUT2D eigenvalue weighted by atomic mass is 9.79. The van der Waals surface area contributed by atoms with E-state index in [1.807, 2.05) is 33.1 Å². The van der Waals surface area contributed by atoms with Crippen molar-refractivity contribution >= 4 is 5.91 Å². The van der Waals surface area contributed by atoms with Crippen LogP contribution in [0.1, 0.15) is 127 Å². The maximum atomic E-state index is 10.5. The first kappa shape index (κ1) is 43.0. The molecule has 5 nitrogen and oxygen atoms in total. The zero-order valence-corrected chi connectivity index (χ0v) is 30.2. The summed E-state index contributed by atoms with van der Waals surface area (Å²) in [4.78, 5) is 13.0. The molecule has 1 fully saturated rings. The Bertz CT molecular complexity index is 814. The fourth-order valence-corrected chi connectivity index (χ4v) is 5.45. The molecule has 0 heterocycles. The van der Waals surface area contributed by atoms with Crippen LogP contribution in [0.15, 0.2) is 60.9 Å². The molecule has 0 saturated heterocycles. The second kappa shape index (κ2) is 27.4. The number of carbonyl (C=O) groups is 1. The van der Waals surface area contributed by atoms with Gasteiger partial charge in [-0.25, -0.2) is 0 Å². The molecule has 0 bridgehead atoms. The smallest absolute Gasteiger partial charge is 0.238 e. The van der Waals surface area contributed by atoms with Crippen LogP contribution in [-0.2, 0) is 9.53 Å². The number of likely N-dealkylation sites (N-methyl/N-ethyl adjacent to an activating group) is 1. The molecule has 6 unspecified atom stereocenters. The minimum atomic E-state index is -0.0296. The second-order valence-electron chi connectivity index (χ2n) is 12.1. The molecule has 43 heavy (non-hydrogen) atoms. The minimum Gasteiger partial charge on any atom is -0.380 e. The Balaban J connectivity index is 0. The van der Waals surface area contributed by atoms with Crippen LogP contribution in [0.4, 0.5) is 0 Å². The lowest BCUT2D eigenvalue weighted by Gasteiger charge is -2.36. The maximum absolute atomic E-state index is 10.5. The van der Waals surface area contributed by atoms with Gasteiger partial charge in [0.25, 0.3) is 0 Å². The van der Waals surface area contributed by atoms with E-state index in [4.69, 9.17) is 4.74 Å². The molecule has 1 amide bonds. The highest BCUT2D eigenvalue weighted by Gasteiger charge is 2.26. The van der Waals surface area contributed by atoms with E-state index >= 15 is 0 Å². The molecule has 1 aliphatic rings. The summed E-state index contributed by atoms with van der Waals surface area (Å²) in [5.41, 5.74) is 7.21. The Kier molecular flexibility index (Phi) is 27.5. The topological polar surface area (TPSA) is 53.6 Å². The molecule has 250 valence electrons. The third-order valence-electron chi connectivity index (χ3n) is 8.26. The molecule has 1 rings (SSSR count). The van der Waals surface area contributed by atoms with Crippen molar-refractivity contribution < 1.29 is 9.53 Å². The largest absolute Gasteiger partial charge is 0.380 e. The van der Waals surface area contributed by atoms with Gasteiger partial charge in [-0.1, -0.05) is 115 Å². The number of hydrazine groups is 1. The summed E-state index contributed by atoms with van der Waals surface area (Å²) >= 11 is 0. The summed E-state index contributed by atoms with van der Waals surface area (Å²) in [5, 5.41) is 0. The van der Waals surface area contributed by atoms with Gasteiger partial charge in [0.1, 0.15) is 0 Å². The van der Waals surface area contributed by atoms with Gasteiger partial charge in [-0.05, 0) is 84.6 Å². The van der Waals surface area contributed by atoms with Gasteiger partial charge in [-0.2, -0.15) is 0 Å². The maximum Gasteiger partial charge on any atom is 0.238 e. The van der Waals surface area contributed by atoms with Crippen LogP contribution >= 0.6 is 0 Å². The normalized spacial score (nSPS) is 19.9. The Labute approximate surface area is 268 Å². The summed E-state index contributed by atoms with van der Waals surface area (Å²) in [6, 6.07) is 0.776. The molecule has 0 aliphatic heterocycles. The SMILES string of the molecule is C=C(C)NNC(=O)CC.C=C/C=C\C(C)N(C)C(CC(C)CC/C=C(C)/C=C/C1CCCC(CCC)C1)C(C)OC.CC. The summed E-state index contributed by atoms with van der Waals surface area (Å²) in [6.45, 7) is 26.3. The van der Waals surface area contributed by atoms with Gasteiger partial charge in [-0.3, -0.25) is 15.1 Å². The Morgan fingerprint density at radius 1 is 1.12 bits per heavy atom. The van der Waals surface area contributed by atoms with E-state index in [9.17, 15) is 4.79 Å². The van der Waals surface area contributed by atoms with E-state index in [-0.39, 0.29) is 12.0 Å². The first-order valence-electron chi connectivity index (χ1n) is 17.1. The number of amides is 1. The summed E-state index contributed by atoms with van der Waals surface area (Å²) < 4.78 is 5.74. The number of ether oxygens (including phenoxy) is 1. The molecule has 0 radical (unpaired) electrons. The van der Waals surface area contributed by atoms with Gasteiger partial charge in [0.2, 0.25) is 5.91 Å². The van der Waals surface area contributed by atoms with Crippen LogP contribution in [0.25, 0.3) is 0 Å². The number of nitrogens with zero attached hydrogens (tertiary/aromatic N) is 1. The van der Waals surface area contributed by atoms with Crippen LogP contribution in [-0.4, -0.2) is 43.2 Å². The van der Waals surface area contributed by atoms with Crippen LogP contribution in [0.2, 0.25) is 0 Å². The highest BCUT2D eigenvalue weighted by Crippen LogP contribution is 2.32. The van der Waals surface area contributed by atoms with Crippen molar-refractivity contribution in [2.24, 2.45) is 17.8 Å². The summed E-state index contributed by atoms with van der Waals surface area (Å²) in [7, 11) is 4.05. The first-order valence-corrected chi connectivity index (χ1v) is 17.1. The van der Waals surface area contributed by atoms with Crippen molar-refractivity contribution in [3.63, 3.8) is 0 Å². The third kappa shape index (κ3) is 22.1. The zero-order chi connectivity index (χ0) is 33.2. The standard InChI is InChI=1S/C30H53NO.C6H12N2O.C2H6/c1-9-11-17-26(5)31(7)30(27(6)32-8)22-25(4)16-12-15-24(3)20-21-29-19-13-18-28(23-29)14-10-2;1-4-6(9)8-7-5(2)3;1-2/h9,11,15,17,20-21,25-30H,1,10,12-14,16,18-19,22-23H2,2-8H3;7H,2,4H2,1,3H3,(H,8,9);1-2H3/b17-11-,21-20+,24-15+;;. The van der Waals surface area contributed by atoms with E-state index in [0.29, 0.717) is 24.4 Å². The molecule has 2 N–H and O–H groups in total. The van der Waals surface area contributed by atoms with Gasteiger partial charge in [0, 0.05) is 31.3 Å². The Hall–Kier alpha value is -2.11. The van der Waals surface area contributed by atoms with E-state index < -0.39 is 0 Å². The highest BCUT2D eigenvalue weighted by atomic mass is 16.5. The number of hydrogen-bond acceptors (Lipinski definition) is 4. The quantitative estimate of drug-likeness (QED) is 0.121. The molecule has 0 aromatic rings. The predicted molar refractivity (Wildman–Crippen MR) is 191 cm³/mol. The van der Waals surface area contributed by atoms with Crippen LogP contribution in [0, 0.1) is 17.8 Å². The predicted octanol–water partition coefficient (Wildman–Crippen LogP) is 9.94. The van der Waals surface area contributed by atoms with E-state index in [2.05, 4.69) is 94.9 Å². The minimum absolute atomic E-state index is 0.0296. The molecular formula is C38H71N3O2. The number of rotatable bonds is 18. The number of allylic oxidation sites excluding steroid dienone is 7. The zero-order valence-electron chi connectivity index (χ0n) is 30.2. The van der Waals surface area contributed by atoms with Crippen LogP contribution in [0.3, 0.4) is 0 Å². The van der Waals surface area contributed by atoms with E-state index in [0.717, 1.165) is 30.4 Å². The molecule has 0 aromatic heterocycles. The van der Waals surface area contributed by atoms with Gasteiger partial charge in [-0.15, -0.1) is 0 Å². The van der Waals surface area contributed by atoms with Crippen molar-refractivity contribution in [3.8, 4) is 0 Å². The Morgan fingerprint density at radius 3 is 2.35 bits per heavy atom. The summed E-state index contributed by atoms with van der Waals surface area (Å²) in [6.07, 6.45) is 26.1. The monoisotopic (exact) mass is 602 g/mol. The molecule has 0 aromatic carbocycles. The number of methoxy groups -OCH3 is 1. The van der Waals surface area contributed by atoms with E-state index in [1.165, 1.54) is 50.5 Å². The van der Waals surface area contributed by atoms with Crippen LogP contribution in [0.5, 0.6) is 0 Å². The fourth-order valence-electron chi connectivity index (χ4n) is 5.45. The fraction of sp³-hybridized carbons (Fsp3) is 0.711. The van der Waals surface area contributed by atoms with Crippen LogP contribution < -0.4 is 10.9 Å². The molecule has 0 spiro atoms. The summed E-state index contributed by atoms with van der Waals surface area (Å²) in [5.74, 6) is 2.39. The average molecular weight is 602 g/mol.